The zero-order chi connectivity index (χ0) is 17.0. The Morgan fingerprint density at radius 3 is 2.83 bits per heavy atom. The number of nitrogens with one attached hydrogen (secondary N) is 1. The fourth-order valence-corrected chi connectivity index (χ4v) is 4.25. The van der Waals surface area contributed by atoms with Crippen molar-refractivity contribution in [1.29, 1.82) is 0 Å². The molecule has 0 radical (unpaired) electrons. The number of carbonyl (C=O) groups excluding carboxylic acids is 1. The van der Waals surface area contributed by atoms with Crippen LogP contribution in [0.1, 0.15) is 31.7 Å². The van der Waals surface area contributed by atoms with E-state index in [4.69, 9.17) is 4.74 Å². The molecule has 0 fully saturated rings. The van der Waals surface area contributed by atoms with Crippen molar-refractivity contribution in [3.8, 4) is 0 Å². The quantitative estimate of drug-likeness (QED) is 0.836. The Bertz CT molecular complexity index is 728. The zero-order valence-electron chi connectivity index (χ0n) is 13.1. The normalized spacial score (nSPS) is 18.2. The van der Waals surface area contributed by atoms with Crippen molar-refractivity contribution in [2.45, 2.75) is 38.4 Å². The van der Waals surface area contributed by atoms with Crippen molar-refractivity contribution in [2.75, 3.05) is 11.3 Å². The van der Waals surface area contributed by atoms with Gasteiger partial charge in [0.15, 0.2) is 0 Å². The third kappa shape index (κ3) is 4.10. The number of esters is 1. The van der Waals surface area contributed by atoms with Crippen LogP contribution in [-0.4, -0.2) is 26.2 Å². The third-order valence-corrected chi connectivity index (χ3v) is 5.45. The molecular weight excluding hydrogens is 321 g/mol. The molecule has 0 spiro atoms. The number of sulfonamides is 1. The molecule has 0 amide bonds. The van der Waals surface area contributed by atoms with Gasteiger partial charge in [-0.2, -0.15) is 0 Å². The number of aryl methyl sites for hydroxylation is 1. The second-order valence-corrected chi connectivity index (χ2v) is 7.27. The molecule has 0 saturated heterocycles. The van der Waals surface area contributed by atoms with Crippen molar-refractivity contribution in [3.63, 3.8) is 0 Å². The van der Waals surface area contributed by atoms with Gasteiger partial charge in [-0.15, -0.1) is 0 Å². The van der Waals surface area contributed by atoms with Gasteiger partial charge >= 0.3 is 5.97 Å². The Hall–Kier alpha value is -1.89. The van der Waals surface area contributed by atoms with Crippen LogP contribution in [0.2, 0.25) is 0 Å². The Labute approximate surface area is 135 Å². The van der Waals surface area contributed by atoms with Gasteiger partial charge in [0.2, 0.25) is 10.0 Å². The van der Waals surface area contributed by atoms with E-state index in [1.165, 1.54) is 18.2 Å². The van der Waals surface area contributed by atoms with Gasteiger partial charge in [0, 0.05) is 0 Å². The van der Waals surface area contributed by atoms with E-state index in [9.17, 15) is 17.6 Å². The van der Waals surface area contributed by atoms with Crippen LogP contribution < -0.4 is 4.72 Å². The summed E-state index contributed by atoms with van der Waals surface area (Å²) in [7, 11) is -3.83. The van der Waals surface area contributed by atoms with Gasteiger partial charge < -0.3 is 4.74 Å². The standard InChI is InChI=1S/C16H20FNO4S/c1-3-22-16(19)13-6-4-5-7-15(13)23(20,21)18-14-9-8-12(17)10-11(14)2/h6,8-10,15,18H,3-5,7H2,1-2H3. The maximum absolute atomic E-state index is 13.1. The second-order valence-electron chi connectivity index (χ2n) is 5.41. The van der Waals surface area contributed by atoms with Crippen LogP contribution in [-0.2, 0) is 19.6 Å². The molecule has 1 N–H and O–H groups in total. The predicted octanol–water partition coefficient (Wildman–Crippen LogP) is 2.92. The van der Waals surface area contributed by atoms with Gasteiger partial charge in [-0.25, -0.2) is 17.6 Å². The molecule has 1 aromatic carbocycles. The summed E-state index contributed by atoms with van der Waals surface area (Å²) in [5.41, 5.74) is 0.955. The molecule has 1 unspecified atom stereocenters. The van der Waals surface area contributed by atoms with E-state index in [0.29, 0.717) is 30.5 Å². The number of allylic oxidation sites excluding steroid dienone is 1. The molecule has 0 bridgehead atoms. The van der Waals surface area contributed by atoms with Gasteiger partial charge in [0.1, 0.15) is 11.1 Å². The lowest BCUT2D eigenvalue weighted by Gasteiger charge is -2.24. The first-order valence-electron chi connectivity index (χ1n) is 7.50. The maximum atomic E-state index is 13.1. The van der Waals surface area contributed by atoms with Crippen molar-refractivity contribution < 1.29 is 22.3 Å². The number of hydrogen-bond acceptors (Lipinski definition) is 4. The lowest BCUT2D eigenvalue weighted by molar-refractivity contribution is -0.138. The van der Waals surface area contributed by atoms with Crippen LogP contribution in [0.3, 0.4) is 0 Å². The number of carbonyl (C=O) groups is 1. The molecule has 7 heteroatoms. The summed E-state index contributed by atoms with van der Waals surface area (Å²) in [6.07, 6.45) is 3.30. The topological polar surface area (TPSA) is 72.5 Å². The summed E-state index contributed by atoms with van der Waals surface area (Å²) >= 11 is 0. The molecule has 0 saturated carbocycles. The Kier molecular flexibility index (Phi) is 5.41. The van der Waals surface area contributed by atoms with Gasteiger partial charge in [-0.05, 0) is 56.9 Å². The van der Waals surface area contributed by atoms with Crippen LogP contribution in [0.15, 0.2) is 29.8 Å². The molecule has 0 aliphatic heterocycles. The van der Waals surface area contributed by atoms with E-state index in [0.717, 1.165) is 0 Å². The van der Waals surface area contributed by atoms with E-state index in [-0.39, 0.29) is 12.2 Å². The summed E-state index contributed by atoms with van der Waals surface area (Å²) in [6.45, 7) is 3.47. The lowest BCUT2D eigenvalue weighted by Crippen LogP contribution is -2.34. The fraction of sp³-hybridized carbons (Fsp3) is 0.438. The summed E-state index contributed by atoms with van der Waals surface area (Å²) in [5.74, 6) is -1.03. The molecule has 1 aliphatic rings. The summed E-state index contributed by atoms with van der Waals surface area (Å²) in [5, 5.41) is -0.959. The van der Waals surface area contributed by atoms with Gasteiger partial charge in [-0.1, -0.05) is 6.08 Å². The average Bonchev–Trinajstić information content (AvgIpc) is 2.50. The highest BCUT2D eigenvalue weighted by Crippen LogP contribution is 2.28. The first-order valence-corrected chi connectivity index (χ1v) is 9.04. The van der Waals surface area contributed by atoms with Crippen LogP contribution in [0.4, 0.5) is 10.1 Å². The highest BCUT2D eigenvalue weighted by Gasteiger charge is 2.35. The highest BCUT2D eigenvalue weighted by atomic mass is 32.2. The number of rotatable bonds is 5. The molecule has 1 atom stereocenters. The minimum Gasteiger partial charge on any atom is -0.463 e. The van der Waals surface area contributed by atoms with Crippen LogP contribution in [0, 0.1) is 12.7 Å². The highest BCUT2D eigenvalue weighted by molar-refractivity contribution is 7.93. The van der Waals surface area contributed by atoms with Gasteiger partial charge in [0.25, 0.3) is 0 Å². The molecule has 0 heterocycles. The van der Waals surface area contributed by atoms with Crippen molar-refractivity contribution in [2.24, 2.45) is 0 Å². The van der Waals surface area contributed by atoms with E-state index in [1.54, 1.807) is 19.9 Å². The Balaban J connectivity index is 2.28. The van der Waals surface area contributed by atoms with Crippen LogP contribution in [0.5, 0.6) is 0 Å². The smallest absolute Gasteiger partial charge is 0.335 e. The van der Waals surface area contributed by atoms with Crippen molar-refractivity contribution >= 4 is 21.7 Å². The zero-order valence-corrected chi connectivity index (χ0v) is 14.0. The Morgan fingerprint density at radius 1 is 1.43 bits per heavy atom. The molecule has 1 aliphatic carbocycles. The van der Waals surface area contributed by atoms with E-state index < -0.39 is 27.1 Å². The molecule has 126 valence electrons. The first kappa shape index (κ1) is 17.5. The molecule has 5 nitrogen and oxygen atoms in total. The first-order chi connectivity index (χ1) is 10.8. The number of benzene rings is 1. The fourth-order valence-electron chi connectivity index (χ4n) is 2.57. The Morgan fingerprint density at radius 2 is 2.17 bits per heavy atom. The molecule has 2 rings (SSSR count). The summed E-state index contributed by atoms with van der Waals surface area (Å²) in [4.78, 5) is 12.0. The number of hydrogen-bond donors (Lipinski definition) is 1. The lowest BCUT2D eigenvalue weighted by atomic mass is 9.99. The summed E-state index contributed by atoms with van der Waals surface area (Å²) < 4.78 is 45.9. The van der Waals surface area contributed by atoms with Crippen LogP contribution >= 0.6 is 0 Å². The number of anilines is 1. The van der Waals surface area contributed by atoms with Crippen LogP contribution in [0.25, 0.3) is 0 Å². The minimum atomic E-state index is -3.83. The van der Waals surface area contributed by atoms with E-state index in [2.05, 4.69) is 4.72 Å². The van der Waals surface area contributed by atoms with Crippen molar-refractivity contribution in [3.05, 3.63) is 41.2 Å². The molecule has 23 heavy (non-hydrogen) atoms. The molecule has 0 aromatic heterocycles. The number of halogens is 1. The third-order valence-electron chi connectivity index (χ3n) is 3.71. The van der Waals surface area contributed by atoms with E-state index >= 15 is 0 Å². The summed E-state index contributed by atoms with van der Waals surface area (Å²) in [6, 6.07) is 3.81. The van der Waals surface area contributed by atoms with Gasteiger partial charge in [0.05, 0.1) is 17.9 Å². The average molecular weight is 341 g/mol. The van der Waals surface area contributed by atoms with Gasteiger partial charge in [-0.3, -0.25) is 4.72 Å². The monoisotopic (exact) mass is 341 g/mol. The van der Waals surface area contributed by atoms with E-state index in [1.807, 2.05) is 0 Å². The maximum Gasteiger partial charge on any atom is 0.335 e. The number of ether oxygens (including phenoxy) is 1. The largest absolute Gasteiger partial charge is 0.463 e. The molecule has 1 aromatic rings. The second kappa shape index (κ2) is 7.12. The molecular formula is C16H20FNO4S. The SMILES string of the molecule is CCOC(=O)C1=CCCCC1S(=O)(=O)Nc1ccc(F)cc1C. The predicted molar refractivity (Wildman–Crippen MR) is 86.0 cm³/mol. The minimum absolute atomic E-state index is 0.172. The van der Waals surface area contributed by atoms with Crippen molar-refractivity contribution in [1.82, 2.24) is 0 Å².